The van der Waals surface area contributed by atoms with E-state index in [9.17, 15) is 14.0 Å². The van der Waals surface area contributed by atoms with Gasteiger partial charge in [-0.05, 0) is 50.0 Å². The van der Waals surface area contributed by atoms with E-state index in [1.807, 2.05) is 6.07 Å². The zero-order valence-corrected chi connectivity index (χ0v) is 23.2. The monoisotopic (exact) mass is 598 g/mol. The first-order valence-corrected chi connectivity index (χ1v) is 14.6. The topological polar surface area (TPSA) is 109 Å². The van der Waals surface area contributed by atoms with E-state index < -0.39 is 34.7 Å². The second kappa shape index (κ2) is 10.2. The van der Waals surface area contributed by atoms with Crippen molar-refractivity contribution in [1.29, 1.82) is 5.26 Å². The lowest BCUT2D eigenvalue weighted by atomic mass is 9.95. The van der Waals surface area contributed by atoms with Crippen molar-refractivity contribution in [2.45, 2.75) is 43.5 Å². The molecule has 3 saturated heterocycles. The number of hydrogen-bond acceptors (Lipinski definition) is 9. The third-order valence-electron chi connectivity index (χ3n) is 8.55. The number of benzene rings is 2. The molecule has 42 heavy (non-hydrogen) atoms. The average Bonchev–Trinajstić information content (AvgIpc) is 3.73. The summed E-state index contributed by atoms with van der Waals surface area (Å²) in [6, 6.07) is 5.13. The summed E-state index contributed by atoms with van der Waals surface area (Å²) in [5, 5.41) is 12.9. The van der Waals surface area contributed by atoms with Crippen LogP contribution in [0.5, 0.6) is 11.9 Å². The molecule has 0 spiro atoms. The number of anilines is 1. The summed E-state index contributed by atoms with van der Waals surface area (Å²) in [4.78, 5) is 10.8. The maximum Gasteiger partial charge on any atom is 0.320 e. The minimum absolute atomic E-state index is 0.00189. The molecule has 2 aromatic carbocycles. The second-order valence-corrected chi connectivity index (χ2v) is 12.2. The van der Waals surface area contributed by atoms with E-state index in [1.165, 1.54) is 6.07 Å². The van der Waals surface area contributed by atoms with E-state index in [2.05, 4.69) is 20.2 Å². The highest BCUT2D eigenvalue weighted by Gasteiger charge is 2.49. The number of ether oxygens (including phenoxy) is 2. The molecule has 7 rings (SSSR count). The molecule has 3 aliphatic rings. The molecule has 3 aliphatic heterocycles. The lowest BCUT2D eigenvalue weighted by molar-refractivity contribution is 0.106. The summed E-state index contributed by atoms with van der Waals surface area (Å²) in [7, 11) is 0. The van der Waals surface area contributed by atoms with Gasteiger partial charge < -0.3 is 20.5 Å². The summed E-state index contributed by atoms with van der Waals surface area (Å²) in [5.41, 5.74) is 4.62. The van der Waals surface area contributed by atoms with Crippen molar-refractivity contribution < 1.29 is 27.0 Å². The summed E-state index contributed by atoms with van der Waals surface area (Å²) in [6.45, 7) is 2.47. The smallest absolute Gasteiger partial charge is 0.320 e. The third-order valence-corrected chi connectivity index (χ3v) is 9.58. The number of nitrogen functional groups attached to an aromatic ring is 1. The molecule has 3 atom stereocenters. The number of alkyl halides is 1. The van der Waals surface area contributed by atoms with Crippen LogP contribution >= 0.6 is 11.3 Å². The molecule has 5 heterocycles. The summed E-state index contributed by atoms with van der Waals surface area (Å²) in [5.74, 6) is -2.70. The van der Waals surface area contributed by atoms with E-state index in [1.54, 1.807) is 0 Å². The van der Waals surface area contributed by atoms with E-state index in [-0.39, 0.29) is 61.7 Å². The molecule has 8 nitrogen and oxygen atoms in total. The minimum Gasteiger partial charge on any atom is -0.472 e. The summed E-state index contributed by atoms with van der Waals surface area (Å²) >= 11 is 0.836. The molecule has 13 heteroatoms. The van der Waals surface area contributed by atoms with Crippen molar-refractivity contribution in [3.8, 4) is 29.1 Å². The lowest BCUT2D eigenvalue weighted by Gasteiger charge is -2.30. The average molecular weight is 599 g/mol. The summed E-state index contributed by atoms with van der Waals surface area (Å²) in [6.07, 6.45) is 1.43. The predicted molar refractivity (Wildman–Crippen MR) is 150 cm³/mol. The largest absolute Gasteiger partial charge is 0.472 e. The van der Waals surface area contributed by atoms with Crippen molar-refractivity contribution >= 4 is 37.3 Å². The Morgan fingerprint density at radius 3 is 2.88 bits per heavy atom. The molecule has 0 aliphatic carbocycles. The maximum absolute atomic E-state index is 16.5. The van der Waals surface area contributed by atoms with Crippen molar-refractivity contribution in [3.63, 3.8) is 0 Å². The van der Waals surface area contributed by atoms with E-state index in [0.29, 0.717) is 25.9 Å². The Kier molecular flexibility index (Phi) is 6.60. The normalized spacial score (nSPS) is 24.0. The Morgan fingerprint density at radius 1 is 1.24 bits per heavy atom. The van der Waals surface area contributed by atoms with Gasteiger partial charge in [-0.3, -0.25) is 4.90 Å². The Balaban J connectivity index is 1.37. The van der Waals surface area contributed by atoms with Crippen LogP contribution < -0.4 is 20.5 Å². The molecule has 0 radical (unpaired) electrons. The molecule has 0 saturated carbocycles. The van der Waals surface area contributed by atoms with Crippen LogP contribution in [0.2, 0.25) is 0 Å². The molecule has 3 unspecified atom stereocenters. The number of halogens is 4. The van der Waals surface area contributed by atoms with E-state index >= 15 is 8.78 Å². The third kappa shape index (κ3) is 4.31. The molecule has 0 bridgehead atoms. The molecule has 0 amide bonds. The first kappa shape index (κ1) is 27.1. The molecular weight excluding hydrogens is 572 g/mol. The Bertz CT molecular complexity index is 1770. The van der Waals surface area contributed by atoms with Gasteiger partial charge in [0.05, 0.1) is 26.8 Å². The molecule has 3 N–H and O–H groups in total. The van der Waals surface area contributed by atoms with Gasteiger partial charge in [-0.2, -0.15) is 15.2 Å². The fourth-order valence-electron chi connectivity index (χ4n) is 6.59. The second-order valence-electron chi connectivity index (χ2n) is 11.1. The number of aromatic nitrogens is 2. The standard InChI is InChI=1S/C29H26F4N6O2S/c30-14-9-29(5-1-7-39(29)12-14)13-40-28-37-24-17(27(38-28)41-15-4-6-36-11-15)8-20(32)22(23(24)33)16-2-3-19(31)25-21(16)18(10-34)26(35)42-25/h2-3,8,14-15,36H,1,4-7,9,11-13,35H2. The van der Waals surface area contributed by atoms with Crippen LogP contribution in [0.25, 0.3) is 32.1 Å². The molecule has 3 fully saturated rings. The van der Waals surface area contributed by atoms with Gasteiger partial charge in [0.15, 0.2) is 5.82 Å². The predicted octanol–water partition coefficient (Wildman–Crippen LogP) is 5.08. The SMILES string of the molecule is N#Cc1c(N)sc2c(F)ccc(-c3c(F)cc4c(OC5CCNC5)nc(OCC56CCCN5CC(F)C6)nc4c3F)c12. The van der Waals surface area contributed by atoms with Crippen LogP contribution in [0.3, 0.4) is 0 Å². The highest BCUT2D eigenvalue weighted by atomic mass is 32.1. The molecule has 2 aromatic heterocycles. The number of thiophene rings is 1. The molecule has 4 aromatic rings. The van der Waals surface area contributed by atoms with Gasteiger partial charge in [0.25, 0.3) is 0 Å². The summed E-state index contributed by atoms with van der Waals surface area (Å²) < 4.78 is 73.4. The van der Waals surface area contributed by atoms with Gasteiger partial charge in [0, 0.05) is 24.9 Å². The molecular formula is C29H26F4N6O2S. The quantitative estimate of drug-likeness (QED) is 0.296. The lowest BCUT2D eigenvalue weighted by Crippen LogP contribution is -2.43. The van der Waals surface area contributed by atoms with Crippen molar-refractivity contribution in [1.82, 2.24) is 20.2 Å². The number of fused-ring (bicyclic) bond motifs is 3. The first-order chi connectivity index (χ1) is 20.3. The van der Waals surface area contributed by atoms with Gasteiger partial charge in [-0.15, -0.1) is 11.3 Å². The van der Waals surface area contributed by atoms with Crippen LogP contribution in [0.4, 0.5) is 22.6 Å². The zero-order chi connectivity index (χ0) is 29.2. The van der Waals surface area contributed by atoms with Crippen LogP contribution in [-0.2, 0) is 0 Å². The van der Waals surface area contributed by atoms with Gasteiger partial charge in [0.2, 0.25) is 5.88 Å². The van der Waals surface area contributed by atoms with Crippen LogP contribution in [0.1, 0.15) is 31.2 Å². The minimum atomic E-state index is -1.04. The number of nitriles is 1. The molecule has 218 valence electrons. The highest BCUT2D eigenvalue weighted by Crippen LogP contribution is 2.44. The van der Waals surface area contributed by atoms with Crippen LogP contribution in [-0.4, -0.2) is 65.5 Å². The fourth-order valence-corrected chi connectivity index (χ4v) is 7.54. The van der Waals surface area contributed by atoms with Gasteiger partial charge >= 0.3 is 6.01 Å². The van der Waals surface area contributed by atoms with Crippen molar-refractivity contribution in [3.05, 3.63) is 41.2 Å². The fraction of sp³-hybridized carbons (Fsp3) is 0.414. The number of hydrogen-bond donors (Lipinski definition) is 2. The van der Waals surface area contributed by atoms with Crippen molar-refractivity contribution in [2.24, 2.45) is 0 Å². The van der Waals surface area contributed by atoms with Gasteiger partial charge in [-0.1, -0.05) is 6.07 Å². The van der Waals surface area contributed by atoms with E-state index in [4.69, 9.17) is 15.2 Å². The number of rotatable bonds is 6. The number of nitrogens with zero attached hydrogens (tertiary/aromatic N) is 4. The van der Waals surface area contributed by atoms with E-state index in [0.717, 1.165) is 49.4 Å². The van der Waals surface area contributed by atoms with Crippen LogP contribution in [0, 0.1) is 28.8 Å². The van der Waals surface area contributed by atoms with Crippen molar-refractivity contribution in [2.75, 3.05) is 38.5 Å². The highest BCUT2D eigenvalue weighted by molar-refractivity contribution is 7.23. The number of nitrogens with two attached hydrogens (primary N) is 1. The Hall–Kier alpha value is -3.73. The van der Waals surface area contributed by atoms with Gasteiger partial charge in [0.1, 0.15) is 47.1 Å². The van der Waals surface area contributed by atoms with Gasteiger partial charge in [-0.25, -0.2) is 17.6 Å². The Labute approximate surface area is 242 Å². The Morgan fingerprint density at radius 2 is 2.10 bits per heavy atom. The zero-order valence-electron chi connectivity index (χ0n) is 22.4. The maximum atomic E-state index is 16.5. The number of nitrogens with one attached hydrogen (secondary N) is 1. The van der Waals surface area contributed by atoms with Crippen LogP contribution in [0.15, 0.2) is 18.2 Å². The first-order valence-electron chi connectivity index (χ1n) is 13.8.